The maximum Gasteiger partial charge on any atom is 0.305 e. The average molecular weight is 945 g/mol. The lowest BCUT2D eigenvalue weighted by molar-refractivity contribution is -0.143. The van der Waals surface area contributed by atoms with Crippen molar-refractivity contribution in [1.82, 2.24) is 5.32 Å². The molecule has 0 aliphatic carbocycles. The van der Waals surface area contributed by atoms with Gasteiger partial charge in [0.1, 0.15) is 0 Å². The van der Waals surface area contributed by atoms with Gasteiger partial charge in [-0.3, -0.25) is 9.59 Å². The number of rotatable bonds is 56. The van der Waals surface area contributed by atoms with E-state index in [-0.39, 0.29) is 18.5 Å². The Labute approximate surface area is 418 Å². The molecule has 0 saturated carbocycles. The number of ether oxygens (including phenoxy) is 1. The predicted octanol–water partition coefficient (Wildman–Crippen LogP) is 18.6. The smallest absolute Gasteiger partial charge is 0.305 e. The molecule has 0 aromatic heterocycles. The highest BCUT2D eigenvalue weighted by molar-refractivity contribution is 5.76. The highest BCUT2D eigenvalue weighted by Crippen LogP contribution is 2.18. The van der Waals surface area contributed by atoms with E-state index in [1.165, 1.54) is 218 Å². The molecule has 0 radical (unpaired) electrons. The third-order valence-electron chi connectivity index (χ3n) is 14.0. The lowest BCUT2D eigenvalue weighted by Crippen LogP contribution is -2.45. The molecule has 3 N–H and O–H groups in total. The third-order valence-corrected chi connectivity index (χ3v) is 14.0. The number of esters is 1. The van der Waals surface area contributed by atoms with Gasteiger partial charge in [-0.25, -0.2) is 0 Å². The summed E-state index contributed by atoms with van der Waals surface area (Å²) >= 11 is 0. The van der Waals surface area contributed by atoms with Crippen LogP contribution in [0.3, 0.4) is 0 Å². The Kier molecular flexibility index (Phi) is 55.5. The number of nitrogens with one attached hydrogen (secondary N) is 1. The SMILES string of the molecule is CCCCCCCCCCCCCCCCCCCCC(=O)OCCCCC/C=C\C=C/CCCCCCCCC(=O)NC(CO)C(O)CCCCCCCCCCCCCCCCCCC. The predicted molar refractivity (Wildman–Crippen MR) is 292 cm³/mol. The number of aliphatic hydroxyl groups is 2. The van der Waals surface area contributed by atoms with Gasteiger partial charge in [-0.05, 0) is 57.8 Å². The van der Waals surface area contributed by atoms with Crippen LogP contribution in [0.15, 0.2) is 24.3 Å². The first-order valence-corrected chi connectivity index (χ1v) is 30.1. The summed E-state index contributed by atoms with van der Waals surface area (Å²) in [7, 11) is 0. The van der Waals surface area contributed by atoms with Gasteiger partial charge in [-0.15, -0.1) is 0 Å². The van der Waals surface area contributed by atoms with Crippen LogP contribution in [-0.4, -0.2) is 47.4 Å². The molecule has 0 saturated heterocycles. The molecule has 396 valence electrons. The first kappa shape index (κ1) is 65.3. The van der Waals surface area contributed by atoms with Crippen LogP contribution in [0.25, 0.3) is 0 Å². The fraction of sp³-hybridized carbons (Fsp3) is 0.902. The Balaban J connectivity index is 3.49. The molecule has 6 heteroatoms. The maximum absolute atomic E-state index is 12.5. The van der Waals surface area contributed by atoms with E-state index >= 15 is 0 Å². The molecular weight excluding hydrogens is 827 g/mol. The van der Waals surface area contributed by atoms with E-state index in [0.717, 1.165) is 77.0 Å². The van der Waals surface area contributed by atoms with Crippen molar-refractivity contribution in [2.24, 2.45) is 0 Å². The molecule has 0 aliphatic heterocycles. The van der Waals surface area contributed by atoms with Crippen LogP contribution in [0, 0.1) is 0 Å². The third kappa shape index (κ3) is 53.5. The Morgan fingerprint density at radius 2 is 0.731 bits per heavy atom. The minimum Gasteiger partial charge on any atom is -0.466 e. The second-order valence-corrected chi connectivity index (χ2v) is 20.7. The normalized spacial score (nSPS) is 12.7. The molecule has 0 rings (SSSR count). The summed E-state index contributed by atoms with van der Waals surface area (Å²) in [6.45, 7) is 4.92. The van der Waals surface area contributed by atoms with Crippen LogP contribution in [0.1, 0.15) is 328 Å². The molecular formula is C61H117NO5. The van der Waals surface area contributed by atoms with E-state index in [2.05, 4.69) is 43.5 Å². The minimum atomic E-state index is -0.679. The second kappa shape index (κ2) is 56.9. The molecule has 0 spiro atoms. The molecule has 1 amide bonds. The minimum absolute atomic E-state index is 0.0167. The molecule has 2 atom stereocenters. The largest absolute Gasteiger partial charge is 0.466 e. The average Bonchev–Trinajstić information content (AvgIpc) is 3.33. The highest BCUT2D eigenvalue weighted by Gasteiger charge is 2.20. The molecule has 6 nitrogen and oxygen atoms in total. The lowest BCUT2D eigenvalue weighted by Gasteiger charge is -2.22. The monoisotopic (exact) mass is 944 g/mol. The summed E-state index contributed by atoms with van der Waals surface area (Å²) in [6.07, 6.45) is 68.9. The molecule has 0 aromatic carbocycles. The van der Waals surface area contributed by atoms with E-state index in [4.69, 9.17) is 4.74 Å². The van der Waals surface area contributed by atoms with Gasteiger partial charge in [-0.1, -0.05) is 282 Å². The van der Waals surface area contributed by atoms with Crippen molar-refractivity contribution in [2.75, 3.05) is 13.2 Å². The Hall–Kier alpha value is -1.66. The van der Waals surface area contributed by atoms with E-state index in [0.29, 0.717) is 25.9 Å². The van der Waals surface area contributed by atoms with Gasteiger partial charge in [0.15, 0.2) is 0 Å². The number of carbonyl (C=O) groups is 2. The summed E-state index contributed by atoms with van der Waals surface area (Å²) in [6, 6.07) is -0.558. The molecule has 0 heterocycles. The zero-order chi connectivity index (χ0) is 48.6. The quantitative estimate of drug-likeness (QED) is 0.0321. The number of hydrogen-bond acceptors (Lipinski definition) is 5. The van der Waals surface area contributed by atoms with E-state index < -0.39 is 12.1 Å². The van der Waals surface area contributed by atoms with Crippen LogP contribution < -0.4 is 5.32 Å². The fourth-order valence-corrected chi connectivity index (χ4v) is 9.40. The molecule has 67 heavy (non-hydrogen) atoms. The second-order valence-electron chi connectivity index (χ2n) is 20.7. The van der Waals surface area contributed by atoms with E-state index in [1.807, 2.05) is 0 Å². The Bertz CT molecular complexity index is 1040. The van der Waals surface area contributed by atoms with Crippen molar-refractivity contribution >= 4 is 11.9 Å². The van der Waals surface area contributed by atoms with Gasteiger partial charge in [0.2, 0.25) is 5.91 Å². The van der Waals surface area contributed by atoms with Gasteiger partial charge in [0, 0.05) is 12.8 Å². The van der Waals surface area contributed by atoms with Gasteiger partial charge < -0.3 is 20.3 Å². The first-order valence-electron chi connectivity index (χ1n) is 30.1. The van der Waals surface area contributed by atoms with Crippen LogP contribution in [-0.2, 0) is 14.3 Å². The summed E-state index contributed by atoms with van der Waals surface area (Å²) in [4.78, 5) is 24.6. The standard InChI is InChI=1S/C61H117NO5/c1-3-5-7-9-11-13-15-17-19-21-23-27-31-35-39-43-47-51-55-61(66)67-56-52-48-44-40-36-32-28-24-26-30-34-38-42-46-50-54-60(65)62-58(57-63)59(64)53-49-45-41-37-33-29-25-22-20-18-16-14-12-10-8-6-4-2/h24,28,32,36,58-59,63-64H,3-23,25-27,29-31,33-35,37-57H2,1-2H3,(H,62,65)/b28-24-,36-32-. The van der Waals surface area contributed by atoms with E-state index in [1.54, 1.807) is 0 Å². The molecule has 2 unspecified atom stereocenters. The fourth-order valence-electron chi connectivity index (χ4n) is 9.40. The van der Waals surface area contributed by atoms with Crippen LogP contribution in [0.2, 0.25) is 0 Å². The number of unbranched alkanes of at least 4 members (excludes halogenated alkanes) is 42. The molecule has 0 aliphatic rings. The van der Waals surface area contributed by atoms with Crippen LogP contribution in [0.5, 0.6) is 0 Å². The molecule has 0 aromatic rings. The van der Waals surface area contributed by atoms with Crippen LogP contribution >= 0.6 is 0 Å². The zero-order valence-electron chi connectivity index (χ0n) is 45.1. The lowest BCUT2D eigenvalue weighted by atomic mass is 10.0. The summed E-state index contributed by atoms with van der Waals surface area (Å²) in [5.41, 5.74) is 0. The summed E-state index contributed by atoms with van der Waals surface area (Å²) in [5.74, 6) is -0.0718. The van der Waals surface area contributed by atoms with Crippen molar-refractivity contribution in [2.45, 2.75) is 341 Å². The van der Waals surface area contributed by atoms with Crippen molar-refractivity contribution in [3.8, 4) is 0 Å². The number of amides is 1. The zero-order valence-corrected chi connectivity index (χ0v) is 45.1. The Morgan fingerprint density at radius 1 is 0.418 bits per heavy atom. The maximum atomic E-state index is 12.5. The van der Waals surface area contributed by atoms with Crippen molar-refractivity contribution in [1.29, 1.82) is 0 Å². The summed E-state index contributed by atoms with van der Waals surface area (Å²) < 4.78 is 5.47. The topological polar surface area (TPSA) is 95.9 Å². The number of allylic oxidation sites excluding steroid dienone is 4. The van der Waals surface area contributed by atoms with Crippen molar-refractivity contribution in [3.63, 3.8) is 0 Å². The van der Waals surface area contributed by atoms with Crippen molar-refractivity contribution < 1.29 is 24.5 Å². The highest BCUT2D eigenvalue weighted by atomic mass is 16.5. The molecule has 0 fully saturated rings. The number of carbonyl (C=O) groups excluding carboxylic acids is 2. The number of aliphatic hydroxyl groups excluding tert-OH is 2. The first-order chi connectivity index (χ1) is 33.0. The van der Waals surface area contributed by atoms with Gasteiger partial charge in [0.25, 0.3) is 0 Å². The van der Waals surface area contributed by atoms with Gasteiger partial charge >= 0.3 is 5.97 Å². The van der Waals surface area contributed by atoms with Crippen molar-refractivity contribution in [3.05, 3.63) is 24.3 Å². The number of hydrogen-bond donors (Lipinski definition) is 3. The molecule has 0 bridgehead atoms. The Morgan fingerprint density at radius 3 is 1.10 bits per heavy atom. The van der Waals surface area contributed by atoms with Gasteiger partial charge in [-0.2, -0.15) is 0 Å². The van der Waals surface area contributed by atoms with Crippen LogP contribution in [0.4, 0.5) is 0 Å². The summed E-state index contributed by atoms with van der Waals surface area (Å²) in [5, 5.41) is 23.3. The van der Waals surface area contributed by atoms with E-state index in [9.17, 15) is 19.8 Å². The van der Waals surface area contributed by atoms with Gasteiger partial charge in [0.05, 0.1) is 25.4 Å².